The van der Waals surface area contributed by atoms with Crippen molar-refractivity contribution in [3.8, 4) is 0 Å². The van der Waals surface area contributed by atoms with Gasteiger partial charge in [-0.1, -0.05) is 6.92 Å². The molecule has 0 aromatic carbocycles. The second kappa shape index (κ2) is 4.28. The maximum Gasteiger partial charge on any atom is 0.260 e. The Morgan fingerprint density at radius 3 is 3.00 bits per heavy atom. The molecule has 1 amide bonds. The van der Waals surface area contributed by atoms with E-state index in [0.717, 1.165) is 5.69 Å². The molecule has 90 valence electrons. The molecule has 0 aliphatic heterocycles. The number of nitrogens with one attached hydrogen (secondary N) is 2. The van der Waals surface area contributed by atoms with E-state index in [2.05, 4.69) is 20.6 Å². The van der Waals surface area contributed by atoms with Crippen molar-refractivity contribution in [1.82, 2.24) is 20.0 Å². The highest BCUT2D eigenvalue weighted by Gasteiger charge is 2.15. The zero-order valence-electron chi connectivity index (χ0n) is 9.69. The molecule has 2 aromatic rings. The molecule has 0 aliphatic carbocycles. The van der Waals surface area contributed by atoms with Gasteiger partial charge in [0.1, 0.15) is 0 Å². The molecule has 7 nitrogen and oxygen atoms in total. The zero-order valence-corrected chi connectivity index (χ0v) is 9.69. The summed E-state index contributed by atoms with van der Waals surface area (Å²) in [6.07, 6.45) is 3.82. The second-order valence-corrected chi connectivity index (χ2v) is 3.67. The molecule has 0 spiro atoms. The summed E-state index contributed by atoms with van der Waals surface area (Å²) in [7, 11) is 1.78. The highest BCUT2D eigenvalue weighted by atomic mass is 16.1. The quantitative estimate of drug-likeness (QED) is 0.721. The number of aromatic amines is 1. The van der Waals surface area contributed by atoms with Gasteiger partial charge in [0.2, 0.25) is 0 Å². The van der Waals surface area contributed by atoms with Crippen LogP contribution in [0.5, 0.6) is 0 Å². The van der Waals surface area contributed by atoms with E-state index in [0.29, 0.717) is 23.5 Å². The summed E-state index contributed by atoms with van der Waals surface area (Å²) in [5.41, 5.74) is 7.31. The topological polar surface area (TPSA) is 102 Å². The molecule has 0 radical (unpaired) electrons. The van der Waals surface area contributed by atoms with Crippen LogP contribution in [0.15, 0.2) is 12.4 Å². The molecule has 0 atom stereocenters. The number of aromatic nitrogens is 4. The summed E-state index contributed by atoms with van der Waals surface area (Å²) in [5.74, 6) is 0.159. The van der Waals surface area contributed by atoms with Crippen LogP contribution in [0, 0.1) is 0 Å². The minimum absolute atomic E-state index is 0.245. The van der Waals surface area contributed by atoms with Crippen molar-refractivity contribution in [1.29, 1.82) is 0 Å². The molecule has 2 rings (SSSR count). The van der Waals surface area contributed by atoms with Crippen LogP contribution < -0.4 is 11.1 Å². The summed E-state index contributed by atoms with van der Waals surface area (Å²) in [6.45, 7) is 1.95. The van der Waals surface area contributed by atoms with Crippen LogP contribution in [-0.4, -0.2) is 25.9 Å². The lowest BCUT2D eigenvalue weighted by Crippen LogP contribution is -2.14. The fourth-order valence-corrected chi connectivity index (χ4v) is 1.56. The first-order valence-electron chi connectivity index (χ1n) is 5.24. The average molecular weight is 234 g/mol. The SMILES string of the molecule is CCc1nn(C)cc1C(=O)Nc1[nH]ncc1N. The fourth-order valence-electron chi connectivity index (χ4n) is 1.56. The minimum Gasteiger partial charge on any atom is -0.394 e. The van der Waals surface area contributed by atoms with Crippen LogP contribution in [0.1, 0.15) is 23.0 Å². The Morgan fingerprint density at radius 1 is 1.65 bits per heavy atom. The molecule has 0 bridgehead atoms. The molecule has 2 aromatic heterocycles. The van der Waals surface area contributed by atoms with Crippen LogP contribution in [0.4, 0.5) is 11.5 Å². The summed E-state index contributed by atoms with van der Waals surface area (Å²) in [4.78, 5) is 12.0. The molecule has 4 N–H and O–H groups in total. The minimum atomic E-state index is -0.245. The van der Waals surface area contributed by atoms with Crippen molar-refractivity contribution in [2.75, 3.05) is 11.1 Å². The van der Waals surface area contributed by atoms with E-state index in [1.807, 2.05) is 6.92 Å². The Labute approximate surface area is 98.0 Å². The Kier molecular flexibility index (Phi) is 2.82. The normalized spacial score (nSPS) is 10.5. The van der Waals surface area contributed by atoms with Crippen LogP contribution >= 0.6 is 0 Å². The van der Waals surface area contributed by atoms with Crippen molar-refractivity contribution in [2.45, 2.75) is 13.3 Å². The first kappa shape index (κ1) is 11.2. The number of rotatable bonds is 3. The van der Waals surface area contributed by atoms with E-state index in [1.165, 1.54) is 6.20 Å². The molecule has 2 heterocycles. The number of hydrogen-bond donors (Lipinski definition) is 3. The number of anilines is 2. The van der Waals surface area contributed by atoms with Gasteiger partial charge in [0.25, 0.3) is 5.91 Å². The highest BCUT2D eigenvalue weighted by Crippen LogP contribution is 2.15. The van der Waals surface area contributed by atoms with E-state index in [-0.39, 0.29) is 5.91 Å². The Balaban J connectivity index is 2.23. The maximum absolute atomic E-state index is 12.0. The number of hydrogen-bond acceptors (Lipinski definition) is 4. The van der Waals surface area contributed by atoms with E-state index in [1.54, 1.807) is 17.9 Å². The number of carbonyl (C=O) groups excluding carboxylic acids is 1. The number of H-pyrrole nitrogens is 1. The van der Waals surface area contributed by atoms with E-state index in [4.69, 9.17) is 5.73 Å². The van der Waals surface area contributed by atoms with Crippen molar-refractivity contribution >= 4 is 17.4 Å². The van der Waals surface area contributed by atoms with E-state index < -0.39 is 0 Å². The summed E-state index contributed by atoms with van der Waals surface area (Å²) in [5, 5.41) is 13.2. The van der Waals surface area contributed by atoms with Gasteiger partial charge in [-0.25, -0.2) is 0 Å². The standard InChI is InChI=1S/C10H14N6O/c1-3-8-6(5-16(2)15-8)10(17)13-9-7(11)4-12-14-9/h4-5H,3,11H2,1-2H3,(H2,12,13,14,17). The van der Waals surface area contributed by atoms with Crippen molar-refractivity contribution < 1.29 is 4.79 Å². The second-order valence-electron chi connectivity index (χ2n) is 3.67. The van der Waals surface area contributed by atoms with Gasteiger partial charge >= 0.3 is 0 Å². The Morgan fingerprint density at radius 2 is 2.41 bits per heavy atom. The lowest BCUT2D eigenvalue weighted by Gasteiger charge is -2.02. The zero-order chi connectivity index (χ0) is 12.4. The molecule has 0 fully saturated rings. The van der Waals surface area contributed by atoms with Gasteiger partial charge in [0.05, 0.1) is 23.1 Å². The average Bonchev–Trinajstić information content (AvgIpc) is 2.85. The van der Waals surface area contributed by atoms with Gasteiger partial charge in [-0.05, 0) is 6.42 Å². The Hall–Kier alpha value is -2.31. The summed E-state index contributed by atoms with van der Waals surface area (Å²) < 4.78 is 1.62. The molecule has 0 saturated heterocycles. The first-order chi connectivity index (χ1) is 8.11. The highest BCUT2D eigenvalue weighted by molar-refractivity contribution is 6.05. The predicted molar refractivity (Wildman–Crippen MR) is 63.5 cm³/mol. The number of nitrogens with two attached hydrogens (primary N) is 1. The molecule has 17 heavy (non-hydrogen) atoms. The summed E-state index contributed by atoms with van der Waals surface area (Å²) in [6, 6.07) is 0. The Bertz CT molecular complexity index is 541. The van der Waals surface area contributed by atoms with Gasteiger partial charge in [-0.2, -0.15) is 10.2 Å². The van der Waals surface area contributed by atoms with Gasteiger partial charge in [-0.15, -0.1) is 0 Å². The van der Waals surface area contributed by atoms with Gasteiger partial charge in [-0.3, -0.25) is 14.6 Å². The van der Waals surface area contributed by atoms with Gasteiger partial charge in [0, 0.05) is 13.2 Å². The van der Waals surface area contributed by atoms with Gasteiger partial charge < -0.3 is 11.1 Å². The first-order valence-corrected chi connectivity index (χ1v) is 5.24. The number of nitrogen functional groups attached to an aromatic ring is 1. The molecule has 0 saturated carbocycles. The van der Waals surface area contributed by atoms with Crippen LogP contribution in [-0.2, 0) is 13.5 Å². The smallest absolute Gasteiger partial charge is 0.260 e. The number of aryl methyl sites for hydroxylation is 2. The monoisotopic (exact) mass is 234 g/mol. The van der Waals surface area contributed by atoms with Crippen molar-refractivity contribution in [3.05, 3.63) is 23.7 Å². The third kappa shape index (κ3) is 2.12. The summed E-state index contributed by atoms with van der Waals surface area (Å²) >= 11 is 0. The number of carbonyl (C=O) groups is 1. The fraction of sp³-hybridized carbons (Fsp3) is 0.300. The number of amides is 1. The van der Waals surface area contributed by atoms with Crippen LogP contribution in [0.2, 0.25) is 0 Å². The third-order valence-corrected chi connectivity index (χ3v) is 2.39. The third-order valence-electron chi connectivity index (χ3n) is 2.39. The van der Waals surface area contributed by atoms with Crippen molar-refractivity contribution in [2.24, 2.45) is 7.05 Å². The molecule has 0 aliphatic rings. The maximum atomic E-state index is 12.0. The predicted octanol–water partition coefficient (Wildman–Crippen LogP) is 0.540. The van der Waals surface area contributed by atoms with Crippen LogP contribution in [0.25, 0.3) is 0 Å². The van der Waals surface area contributed by atoms with Crippen molar-refractivity contribution in [3.63, 3.8) is 0 Å². The molecular formula is C10H14N6O. The van der Waals surface area contributed by atoms with E-state index in [9.17, 15) is 4.79 Å². The molecule has 0 unspecified atom stereocenters. The van der Waals surface area contributed by atoms with E-state index >= 15 is 0 Å². The molecule has 7 heteroatoms. The largest absolute Gasteiger partial charge is 0.394 e. The number of nitrogens with zero attached hydrogens (tertiary/aromatic N) is 3. The molecular weight excluding hydrogens is 220 g/mol. The lowest BCUT2D eigenvalue weighted by atomic mass is 10.2. The van der Waals surface area contributed by atoms with Gasteiger partial charge in [0.15, 0.2) is 5.82 Å². The lowest BCUT2D eigenvalue weighted by molar-refractivity contribution is 0.102. The van der Waals surface area contributed by atoms with Crippen LogP contribution in [0.3, 0.4) is 0 Å².